The lowest BCUT2D eigenvalue weighted by Gasteiger charge is -2.29. The molecule has 0 atom stereocenters. The van der Waals surface area contributed by atoms with Crippen LogP contribution in [-0.2, 0) is 9.53 Å². The molecule has 1 aliphatic rings. The third-order valence-corrected chi connectivity index (χ3v) is 4.61. The Morgan fingerprint density at radius 3 is 1.86 bits per heavy atom. The van der Waals surface area contributed by atoms with E-state index in [9.17, 15) is 9.59 Å². The fourth-order valence-corrected chi connectivity index (χ4v) is 3.08. The van der Waals surface area contributed by atoms with Crippen LogP contribution in [-0.4, -0.2) is 62.0 Å². The predicted octanol–water partition coefficient (Wildman–Crippen LogP) is 3.74. The van der Waals surface area contributed by atoms with Crippen molar-refractivity contribution in [3.63, 3.8) is 0 Å². The number of piperidine rings is 1. The lowest BCUT2D eigenvalue weighted by molar-refractivity contribution is -0.113. The molecule has 150 valence electrons. The van der Waals surface area contributed by atoms with E-state index in [1.54, 1.807) is 4.90 Å². The van der Waals surface area contributed by atoms with Gasteiger partial charge in [-0.1, -0.05) is 60.7 Å². The number of nitrogens with zero attached hydrogens (tertiary/aromatic N) is 2. The maximum atomic E-state index is 13.1. The zero-order chi connectivity index (χ0) is 20.6. The van der Waals surface area contributed by atoms with Crippen LogP contribution in [0.3, 0.4) is 0 Å². The number of ether oxygens (including phenoxy) is 1. The first kappa shape index (κ1) is 20.6. The SMILES string of the molecule is CN(C)CCOC(=O)N1C/C(=C\c2ccccc2)C(=O)/C(=C/c2ccccc2)C1. The van der Waals surface area contributed by atoms with Crippen LogP contribution in [0.5, 0.6) is 0 Å². The van der Waals surface area contributed by atoms with Crippen LogP contribution in [0.2, 0.25) is 0 Å². The minimum absolute atomic E-state index is 0.0324. The number of amides is 1. The number of hydrogen-bond donors (Lipinski definition) is 0. The van der Waals surface area contributed by atoms with Crippen LogP contribution >= 0.6 is 0 Å². The van der Waals surface area contributed by atoms with Crippen LogP contribution in [0.15, 0.2) is 71.8 Å². The molecule has 29 heavy (non-hydrogen) atoms. The van der Waals surface area contributed by atoms with Gasteiger partial charge in [0.2, 0.25) is 0 Å². The molecule has 0 saturated carbocycles. The van der Waals surface area contributed by atoms with Crippen molar-refractivity contribution in [3.05, 3.63) is 82.9 Å². The topological polar surface area (TPSA) is 49.9 Å². The van der Waals surface area contributed by atoms with Crippen molar-refractivity contribution in [2.24, 2.45) is 0 Å². The maximum Gasteiger partial charge on any atom is 0.410 e. The minimum Gasteiger partial charge on any atom is -0.448 e. The third kappa shape index (κ3) is 5.90. The van der Waals surface area contributed by atoms with E-state index in [0.29, 0.717) is 24.3 Å². The number of benzene rings is 2. The zero-order valence-electron chi connectivity index (χ0n) is 16.9. The molecule has 1 fully saturated rings. The van der Waals surface area contributed by atoms with Gasteiger partial charge in [0.25, 0.3) is 0 Å². The highest BCUT2D eigenvalue weighted by Crippen LogP contribution is 2.22. The normalized spacial score (nSPS) is 17.2. The average Bonchev–Trinajstić information content (AvgIpc) is 2.72. The minimum atomic E-state index is -0.405. The molecule has 1 amide bonds. The molecule has 2 aromatic carbocycles. The highest BCUT2D eigenvalue weighted by molar-refractivity contribution is 6.15. The summed E-state index contributed by atoms with van der Waals surface area (Å²) in [5, 5.41) is 0. The Morgan fingerprint density at radius 2 is 1.41 bits per heavy atom. The standard InChI is InChI=1S/C24H26N2O3/c1-25(2)13-14-29-24(28)26-17-21(15-19-9-5-3-6-10-19)23(27)22(18-26)16-20-11-7-4-8-12-20/h3-12,15-16H,13-14,17-18H2,1-2H3/b21-15+,22-16+. The van der Waals surface area contributed by atoms with E-state index in [1.165, 1.54) is 0 Å². The molecule has 0 N–H and O–H groups in total. The number of likely N-dealkylation sites (N-methyl/N-ethyl adjacent to an activating group) is 1. The fraction of sp³-hybridized carbons (Fsp3) is 0.250. The number of rotatable bonds is 5. The second-order valence-electron chi connectivity index (χ2n) is 7.26. The van der Waals surface area contributed by atoms with Gasteiger partial charge in [-0.2, -0.15) is 0 Å². The Kier molecular flexibility index (Phi) is 6.98. The van der Waals surface area contributed by atoms with Gasteiger partial charge in [-0.25, -0.2) is 4.79 Å². The van der Waals surface area contributed by atoms with Gasteiger partial charge in [-0.15, -0.1) is 0 Å². The van der Waals surface area contributed by atoms with E-state index >= 15 is 0 Å². The Balaban J connectivity index is 1.86. The van der Waals surface area contributed by atoms with Crippen LogP contribution < -0.4 is 0 Å². The summed E-state index contributed by atoms with van der Waals surface area (Å²) in [5.41, 5.74) is 3.01. The molecule has 0 bridgehead atoms. The van der Waals surface area contributed by atoms with Crippen molar-refractivity contribution in [1.29, 1.82) is 0 Å². The molecule has 5 heteroatoms. The largest absolute Gasteiger partial charge is 0.448 e. The lowest BCUT2D eigenvalue weighted by atomic mass is 9.94. The quantitative estimate of drug-likeness (QED) is 0.730. The molecule has 5 nitrogen and oxygen atoms in total. The molecule has 1 aliphatic heterocycles. The number of likely N-dealkylation sites (tertiary alicyclic amines) is 1. The van der Waals surface area contributed by atoms with E-state index in [1.807, 2.05) is 91.8 Å². The van der Waals surface area contributed by atoms with Gasteiger partial charge in [-0.3, -0.25) is 9.69 Å². The average molecular weight is 390 g/mol. The molecule has 3 rings (SSSR count). The molecule has 2 aromatic rings. The molecule has 0 unspecified atom stereocenters. The molecule has 0 aliphatic carbocycles. The summed E-state index contributed by atoms with van der Waals surface area (Å²) in [7, 11) is 3.85. The van der Waals surface area contributed by atoms with Gasteiger partial charge < -0.3 is 9.64 Å². The summed E-state index contributed by atoms with van der Waals surface area (Å²) in [5.74, 6) is -0.0324. The molecular weight excluding hydrogens is 364 g/mol. The monoisotopic (exact) mass is 390 g/mol. The van der Waals surface area contributed by atoms with Crippen molar-refractivity contribution >= 4 is 24.0 Å². The Bertz CT molecular complexity index is 841. The number of carbonyl (C=O) groups is 2. The maximum absolute atomic E-state index is 13.1. The Morgan fingerprint density at radius 1 is 0.931 bits per heavy atom. The van der Waals surface area contributed by atoms with Gasteiger partial charge in [0, 0.05) is 17.7 Å². The highest BCUT2D eigenvalue weighted by Gasteiger charge is 2.29. The van der Waals surface area contributed by atoms with E-state index in [0.717, 1.165) is 11.1 Å². The van der Waals surface area contributed by atoms with Crippen LogP contribution in [0.1, 0.15) is 11.1 Å². The number of hydrogen-bond acceptors (Lipinski definition) is 4. The van der Waals surface area contributed by atoms with Gasteiger partial charge >= 0.3 is 6.09 Å². The van der Waals surface area contributed by atoms with Crippen molar-refractivity contribution in [1.82, 2.24) is 9.80 Å². The van der Waals surface area contributed by atoms with Crippen LogP contribution in [0.4, 0.5) is 4.79 Å². The van der Waals surface area contributed by atoms with Gasteiger partial charge in [0.05, 0.1) is 13.1 Å². The molecule has 1 saturated heterocycles. The van der Waals surface area contributed by atoms with Gasteiger partial charge in [0.15, 0.2) is 5.78 Å². The first-order valence-electron chi connectivity index (χ1n) is 9.65. The van der Waals surface area contributed by atoms with Crippen molar-refractivity contribution < 1.29 is 14.3 Å². The fourth-order valence-electron chi connectivity index (χ4n) is 3.08. The van der Waals surface area contributed by atoms with E-state index in [4.69, 9.17) is 4.74 Å². The number of ketones is 1. The molecular formula is C24H26N2O3. The van der Waals surface area contributed by atoms with Crippen molar-refractivity contribution in [2.75, 3.05) is 40.3 Å². The molecule has 0 spiro atoms. The summed E-state index contributed by atoms with van der Waals surface area (Å²) in [6.07, 6.45) is 3.29. The van der Waals surface area contributed by atoms with Gasteiger partial charge in [0.1, 0.15) is 6.61 Å². The first-order chi connectivity index (χ1) is 14.0. The lowest BCUT2D eigenvalue weighted by Crippen LogP contribution is -2.42. The molecule has 0 radical (unpaired) electrons. The number of carbonyl (C=O) groups excluding carboxylic acids is 2. The van der Waals surface area contributed by atoms with Crippen LogP contribution in [0.25, 0.3) is 12.2 Å². The van der Waals surface area contributed by atoms with Crippen molar-refractivity contribution in [2.45, 2.75) is 0 Å². The first-order valence-corrected chi connectivity index (χ1v) is 9.65. The summed E-state index contributed by atoms with van der Waals surface area (Å²) in [4.78, 5) is 29.2. The molecule has 1 heterocycles. The predicted molar refractivity (Wildman–Crippen MR) is 115 cm³/mol. The highest BCUT2D eigenvalue weighted by atomic mass is 16.6. The summed E-state index contributed by atoms with van der Waals surface area (Å²) in [6.45, 7) is 1.44. The van der Waals surface area contributed by atoms with E-state index < -0.39 is 6.09 Å². The Hall–Kier alpha value is -3.18. The summed E-state index contributed by atoms with van der Waals surface area (Å²) >= 11 is 0. The van der Waals surface area contributed by atoms with Crippen LogP contribution in [0, 0.1) is 0 Å². The smallest absolute Gasteiger partial charge is 0.410 e. The Labute approximate surface area is 171 Å². The van der Waals surface area contributed by atoms with E-state index in [-0.39, 0.29) is 18.9 Å². The summed E-state index contributed by atoms with van der Waals surface area (Å²) in [6, 6.07) is 19.3. The van der Waals surface area contributed by atoms with Gasteiger partial charge in [-0.05, 0) is 37.4 Å². The second kappa shape index (κ2) is 9.85. The van der Waals surface area contributed by atoms with E-state index in [2.05, 4.69) is 0 Å². The number of Topliss-reactive ketones (excluding diaryl/α,β-unsaturated/α-hetero) is 1. The van der Waals surface area contributed by atoms with Crippen molar-refractivity contribution in [3.8, 4) is 0 Å². The summed E-state index contributed by atoms with van der Waals surface area (Å²) < 4.78 is 5.40. The third-order valence-electron chi connectivity index (χ3n) is 4.61. The molecule has 0 aromatic heterocycles. The second-order valence-corrected chi connectivity index (χ2v) is 7.26. The zero-order valence-corrected chi connectivity index (χ0v) is 16.9.